The zero-order valence-electron chi connectivity index (χ0n) is 10.6. The van der Waals surface area contributed by atoms with Gasteiger partial charge in [0.1, 0.15) is 5.82 Å². The summed E-state index contributed by atoms with van der Waals surface area (Å²) in [4.78, 5) is 6.39. The second kappa shape index (κ2) is 5.52. The van der Waals surface area contributed by atoms with Crippen LogP contribution < -0.4 is 4.90 Å². The number of aliphatic hydroxyl groups is 1. The molecular formula is C13H19ClN2O. The summed E-state index contributed by atoms with van der Waals surface area (Å²) in [5, 5.41) is 9.58. The van der Waals surface area contributed by atoms with Gasteiger partial charge in [-0.15, -0.1) is 6.58 Å². The third-order valence-corrected chi connectivity index (χ3v) is 2.72. The zero-order chi connectivity index (χ0) is 13.1. The lowest BCUT2D eigenvalue weighted by molar-refractivity contribution is 0.281. The largest absolute Gasteiger partial charge is 0.392 e. The highest BCUT2D eigenvalue weighted by Gasteiger charge is 2.23. The summed E-state index contributed by atoms with van der Waals surface area (Å²) in [5.41, 5.74) is 0.622. The van der Waals surface area contributed by atoms with Crippen molar-refractivity contribution < 1.29 is 5.11 Å². The summed E-state index contributed by atoms with van der Waals surface area (Å²) in [6, 6.07) is 1.74. The molecule has 1 rings (SSSR count). The Bertz CT molecular complexity index is 399. The van der Waals surface area contributed by atoms with E-state index in [1.54, 1.807) is 12.3 Å². The summed E-state index contributed by atoms with van der Waals surface area (Å²) < 4.78 is 0. The molecule has 0 amide bonds. The molecule has 0 aromatic carbocycles. The van der Waals surface area contributed by atoms with Crippen molar-refractivity contribution in [1.82, 2.24) is 4.98 Å². The average Bonchev–Trinajstić information content (AvgIpc) is 2.25. The van der Waals surface area contributed by atoms with Crippen molar-refractivity contribution in [3.8, 4) is 0 Å². The van der Waals surface area contributed by atoms with Crippen LogP contribution in [0.1, 0.15) is 26.3 Å². The number of halogens is 1. The first kappa shape index (κ1) is 14.0. The highest BCUT2D eigenvalue weighted by molar-refractivity contribution is 6.33. The molecule has 0 bridgehead atoms. The van der Waals surface area contributed by atoms with E-state index in [9.17, 15) is 0 Å². The van der Waals surface area contributed by atoms with E-state index in [1.165, 1.54) is 0 Å². The molecule has 17 heavy (non-hydrogen) atoms. The Morgan fingerprint density at radius 1 is 1.53 bits per heavy atom. The fraction of sp³-hybridized carbons (Fsp3) is 0.462. The average molecular weight is 255 g/mol. The van der Waals surface area contributed by atoms with Crippen molar-refractivity contribution in [2.24, 2.45) is 0 Å². The molecule has 0 fully saturated rings. The molecule has 94 valence electrons. The molecule has 0 atom stereocenters. The van der Waals surface area contributed by atoms with Gasteiger partial charge in [0.05, 0.1) is 11.6 Å². The van der Waals surface area contributed by atoms with Crippen LogP contribution in [0.3, 0.4) is 0 Å². The number of aliphatic hydroxyl groups excluding tert-OH is 1. The number of anilines is 1. The Morgan fingerprint density at radius 2 is 2.18 bits per heavy atom. The van der Waals surface area contributed by atoms with Gasteiger partial charge in [-0.25, -0.2) is 4.98 Å². The number of hydrogen-bond acceptors (Lipinski definition) is 3. The van der Waals surface area contributed by atoms with E-state index in [-0.39, 0.29) is 12.1 Å². The summed E-state index contributed by atoms with van der Waals surface area (Å²) in [5.74, 6) is 0.719. The van der Waals surface area contributed by atoms with Gasteiger partial charge >= 0.3 is 0 Å². The van der Waals surface area contributed by atoms with Crippen LogP contribution in [0.25, 0.3) is 0 Å². The summed E-state index contributed by atoms with van der Waals surface area (Å²) in [7, 11) is 0. The lowest BCUT2D eigenvalue weighted by Gasteiger charge is -2.36. The standard InChI is InChI=1S/C13H19ClN2O/c1-5-6-16(13(2,3)4)12-11(14)7-10(9-17)8-15-12/h5,7-8,17H,1,6,9H2,2-4H3. The first-order chi connectivity index (χ1) is 7.90. The predicted octanol–water partition coefficient (Wildman–Crippen LogP) is 3.02. The monoisotopic (exact) mass is 254 g/mol. The van der Waals surface area contributed by atoms with Gasteiger partial charge in [-0.2, -0.15) is 0 Å². The Labute approximate surface area is 108 Å². The van der Waals surface area contributed by atoms with Crippen LogP contribution in [0.5, 0.6) is 0 Å². The first-order valence-electron chi connectivity index (χ1n) is 5.54. The fourth-order valence-electron chi connectivity index (χ4n) is 1.56. The van der Waals surface area contributed by atoms with E-state index in [0.717, 1.165) is 5.82 Å². The van der Waals surface area contributed by atoms with Crippen molar-refractivity contribution in [2.45, 2.75) is 32.9 Å². The lowest BCUT2D eigenvalue weighted by Crippen LogP contribution is -2.42. The molecule has 1 aromatic heterocycles. The van der Waals surface area contributed by atoms with Crippen molar-refractivity contribution in [3.63, 3.8) is 0 Å². The molecule has 0 unspecified atom stereocenters. The van der Waals surface area contributed by atoms with Gasteiger partial charge in [0, 0.05) is 18.3 Å². The van der Waals surface area contributed by atoms with Crippen molar-refractivity contribution >= 4 is 17.4 Å². The van der Waals surface area contributed by atoms with Crippen LogP contribution in [0.2, 0.25) is 5.02 Å². The first-order valence-corrected chi connectivity index (χ1v) is 5.91. The molecule has 0 aliphatic heterocycles. The lowest BCUT2D eigenvalue weighted by atomic mass is 10.1. The molecule has 4 heteroatoms. The van der Waals surface area contributed by atoms with Gasteiger partial charge in [-0.05, 0) is 32.4 Å². The number of aromatic nitrogens is 1. The quantitative estimate of drug-likeness (QED) is 0.839. The van der Waals surface area contributed by atoms with Crippen LogP contribution in [-0.4, -0.2) is 22.2 Å². The van der Waals surface area contributed by atoms with Crippen LogP contribution >= 0.6 is 11.6 Å². The number of rotatable bonds is 4. The van der Waals surface area contributed by atoms with Gasteiger partial charge in [-0.1, -0.05) is 17.7 Å². The molecule has 0 aliphatic carbocycles. The minimum Gasteiger partial charge on any atom is -0.392 e. The molecule has 0 spiro atoms. The van der Waals surface area contributed by atoms with Gasteiger partial charge < -0.3 is 10.0 Å². The van der Waals surface area contributed by atoms with Crippen LogP contribution in [0.15, 0.2) is 24.9 Å². The van der Waals surface area contributed by atoms with Gasteiger partial charge in [0.15, 0.2) is 0 Å². The topological polar surface area (TPSA) is 36.4 Å². The van der Waals surface area contributed by atoms with E-state index in [4.69, 9.17) is 16.7 Å². The van der Waals surface area contributed by atoms with Gasteiger partial charge in [0.25, 0.3) is 0 Å². The number of nitrogens with zero attached hydrogens (tertiary/aromatic N) is 2. The van der Waals surface area contributed by atoms with Crippen molar-refractivity contribution in [1.29, 1.82) is 0 Å². The molecule has 1 N–H and O–H groups in total. The second-order valence-electron chi connectivity index (χ2n) is 4.88. The maximum Gasteiger partial charge on any atom is 0.148 e. The molecule has 3 nitrogen and oxygen atoms in total. The van der Waals surface area contributed by atoms with Crippen LogP contribution in [0, 0.1) is 0 Å². The van der Waals surface area contributed by atoms with E-state index in [2.05, 4.69) is 37.2 Å². The smallest absolute Gasteiger partial charge is 0.148 e. The van der Waals surface area contributed by atoms with Crippen molar-refractivity contribution in [2.75, 3.05) is 11.4 Å². The fourth-order valence-corrected chi connectivity index (χ4v) is 1.85. The molecule has 0 saturated carbocycles. The number of hydrogen-bond donors (Lipinski definition) is 1. The molecule has 1 aromatic rings. The minimum atomic E-state index is -0.0917. The van der Waals surface area contributed by atoms with E-state index in [0.29, 0.717) is 17.1 Å². The summed E-state index contributed by atoms with van der Waals surface area (Å²) in [6.07, 6.45) is 3.46. The Balaban J connectivity index is 3.15. The highest BCUT2D eigenvalue weighted by Crippen LogP contribution is 2.29. The summed E-state index contributed by atoms with van der Waals surface area (Å²) >= 11 is 6.20. The highest BCUT2D eigenvalue weighted by atomic mass is 35.5. The Morgan fingerprint density at radius 3 is 2.59 bits per heavy atom. The second-order valence-corrected chi connectivity index (χ2v) is 5.28. The Hall–Kier alpha value is -1.06. The molecule has 0 aliphatic rings. The maximum absolute atomic E-state index is 9.03. The molecule has 0 saturated heterocycles. The molecular weight excluding hydrogens is 236 g/mol. The third-order valence-electron chi connectivity index (χ3n) is 2.44. The van der Waals surface area contributed by atoms with Crippen molar-refractivity contribution in [3.05, 3.63) is 35.5 Å². The minimum absolute atomic E-state index is 0.0516. The number of pyridine rings is 1. The molecule has 0 radical (unpaired) electrons. The van der Waals surface area contributed by atoms with Crippen LogP contribution in [0.4, 0.5) is 5.82 Å². The SMILES string of the molecule is C=CCN(c1ncc(CO)cc1Cl)C(C)(C)C. The van der Waals surface area contributed by atoms with Crippen LogP contribution in [-0.2, 0) is 6.61 Å². The Kier molecular flexibility index (Phi) is 4.54. The predicted molar refractivity (Wildman–Crippen MR) is 72.5 cm³/mol. The zero-order valence-corrected chi connectivity index (χ0v) is 11.3. The third kappa shape index (κ3) is 3.45. The van der Waals surface area contributed by atoms with E-state index in [1.807, 2.05) is 6.08 Å². The van der Waals surface area contributed by atoms with E-state index < -0.39 is 0 Å². The summed E-state index contributed by atoms with van der Waals surface area (Å²) in [6.45, 7) is 10.6. The normalized spacial score (nSPS) is 11.4. The molecule has 1 heterocycles. The van der Waals surface area contributed by atoms with Gasteiger partial charge in [0.2, 0.25) is 0 Å². The van der Waals surface area contributed by atoms with E-state index >= 15 is 0 Å². The van der Waals surface area contributed by atoms with Gasteiger partial charge in [-0.3, -0.25) is 0 Å². The maximum atomic E-state index is 9.03.